The van der Waals surface area contributed by atoms with Gasteiger partial charge in [-0.1, -0.05) is 19.1 Å². The van der Waals surface area contributed by atoms with E-state index >= 15 is 0 Å². The van der Waals surface area contributed by atoms with Crippen LogP contribution in [0.5, 0.6) is 11.5 Å². The lowest BCUT2D eigenvalue weighted by Gasteiger charge is -2.11. The predicted molar refractivity (Wildman–Crippen MR) is 82.1 cm³/mol. The highest BCUT2D eigenvalue weighted by Gasteiger charge is 2.13. The summed E-state index contributed by atoms with van der Waals surface area (Å²) in [6.45, 7) is 1.86. The third-order valence-electron chi connectivity index (χ3n) is 2.87. The molecule has 23 heavy (non-hydrogen) atoms. The molecule has 8 heteroatoms. The SMILES string of the molecule is CCc1nnc(S/C(=C\c2cccc(OC)c2OC)C(=O)[O-])o1. The maximum atomic E-state index is 11.4. The Morgan fingerprint density at radius 3 is 2.70 bits per heavy atom. The van der Waals surface area contributed by atoms with E-state index in [0.717, 1.165) is 11.8 Å². The van der Waals surface area contributed by atoms with Gasteiger partial charge in [0.25, 0.3) is 5.22 Å². The third kappa shape index (κ3) is 4.04. The number of carboxylic acid groups (broad SMARTS) is 1. The molecule has 0 aliphatic rings. The molecule has 0 radical (unpaired) electrons. The molecule has 0 N–H and O–H groups in total. The fourth-order valence-corrected chi connectivity index (χ4v) is 2.49. The number of rotatable bonds is 7. The molecule has 2 rings (SSSR count). The minimum atomic E-state index is -1.35. The zero-order chi connectivity index (χ0) is 16.8. The van der Waals surface area contributed by atoms with Crippen LogP contribution < -0.4 is 14.6 Å². The number of thioether (sulfide) groups is 1. The zero-order valence-corrected chi connectivity index (χ0v) is 13.7. The van der Waals surface area contributed by atoms with Crippen LogP contribution in [0.4, 0.5) is 0 Å². The Balaban J connectivity index is 2.37. The number of carbonyl (C=O) groups excluding carboxylic acids is 1. The van der Waals surface area contributed by atoms with Gasteiger partial charge in [0.05, 0.1) is 20.2 Å². The number of hydrogen-bond acceptors (Lipinski definition) is 8. The Labute approximate surface area is 137 Å². The summed E-state index contributed by atoms with van der Waals surface area (Å²) >= 11 is 0.823. The van der Waals surface area contributed by atoms with Gasteiger partial charge in [-0.05, 0) is 23.9 Å². The van der Waals surface area contributed by atoms with Crippen LogP contribution in [-0.2, 0) is 11.2 Å². The van der Waals surface area contributed by atoms with E-state index in [9.17, 15) is 9.90 Å². The lowest BCUT2D eigenvalue weighted by atomic mass is 10.1. The van der Waals surface area contributed by atoms with E-state index in [0.29, 0.717) is 29.4 Å². The molecule has 1 aromatic carbocycles. The maximum absolute atomic E-state index is 11.4. The number of carbonyl (C=O) groups is 1. The van der Waals surface area contributed by atoms with Crippen LogP contribution in [0.1, 0.15) is 18.4 Å². The molecule has 7 nitrogen and oxygen atoms in total. The fraction of sp³-hybridized carbons (Fsp3) is 0.267. The highest BCUT2D eigenvalue weighted by Crippen LogP contribution is 2.34. The van der Waals surface area contributed by atoms with Crippen molar-refractivity contribution in [3.05, 3.63) is 34.6 Å². The van der Waals surface area contributed by atoms with Crippen LogP contribution in [0.3, 0.4) is 0 Å². The first-order valence-corrected chi connectivity index (χ1v) is 7.55. The first kappa shape index (κ1) is 16.9. The molecule has 0 unspecified atom stereocenters. The normalized spacial score (nSPS) is 11.3. The van der Waals surface area contributed by atoms with E-state index in [1.54, 1.807) is 18.2 Å². The molecule has 0 bridgehead atoms. The molecule has 0 spiro atoms. The van der Waals surface area contributed by atoms with Gasteiger partial charge in [-0.15, -0.1) is 10.2 Å². The first-order chi connectivity index (χ1) is 11.1. The monoisotopic (exact) mass is 335 g/mol. The van der Waals surface area contributed by atoms with E-state index in [4.69, 9.17) is 13.9 Å². The minimum absolute atomic E-state index is 0.0807. The molecule has 0 saturated carbocycles. The van der Waals surface area contributed by atoms with Crippen molar-refractivity contribution < 1.29 is 23.8 Å². The average molecular weight is 335 g/mol. The highest BCUT2D eigenvalue weighted by atomic mass is 32.2. The van der Waals surface area contributed by atoms with E-state index < -0.39 is 5.97 Å². The number of ether oxygens (including phenoxy) is 2. The number of methoxy groups -OCH3 is 2. The van der Waals surface area contributed by atoms with Gasteiger partial charge in [-0.3, -0.25) is 0 Å². The number of para-hydroxylation sites is 1. The Bertz CT molecular complexity index is 726. The van der Waals surface area contributed by atoms with Crippen LogP contribution in [0.2, 0.25) is 0 Å². The lowest BCUT2D eigenvalue weighted by Crippen LogP contribution is -2.23. The van der Waals surface area contributed by atoms with Crippen LogP contribution in [0.25, 0.3) is 6.08 Å². The Kier molecular flexibility index (Phi) is 5.64. The van der Waals surface area contributed by atoms with Crippen molar-refractivity contribution >= 4 is 23.8 Å². The van der Waals surface area contributed by atoms with Crippen molar-refractivity contribution in [2.75, 3.05) is 14.2 Å². The van der Waals surface area contributed by atoms with Crippen LogP contribution in [-0.4, -0.2) is 30.4 Å². The molecular weight excluding hydrogens is 320 g/mol. The Hall–Kier alpha value is -2.48. The predicted octanol–water partition coefficient (Wildman–Crippen LogP) is 1.53. The van der Waals surface area contributed by atoms with E-state index in [1.807, 2.05) is 6.92 Å². The molecular formula is C15H15N2O5S-. The average Bonchev–Trinajstić information content (AvgIpc) is 3.01. The molecule has 2 aromatic rings. The quantitative estimate of drug-likeness (QED) is 0.555. The topological polar surface area (TPSA) is 97.5 Å². The van der Waals surface area contributed by atoms with Gasteiger partial charge in [-0.2, -0.15) is 0 Å². The second-order valence-corrected chi connectivity index (χ2v) is 5.29. The third-order valence-corrected chi connectivity index (χ3v) is 3.71. The second kappa shape index (κ2) is 7.68. The summed E-state index contributed by atoms with van der Waals surface area (Å²) in [5, 5.41) is 19.1. The summed E-state index contributed by atoms with van der Waals surface area (Å²) < 4.78 is 15.8. The molecule has 0 aliphatic heterocycles. The van der Waals surface area contributed by atoms with Gasteiger partial charge in [-0.25, -0.2) is 0 Å². The van der Waals surface area contributed by atoms with Gasteiger partial charge in [0.2, 0.25) is 5.89 Å². The Morgan fingerprint density at radius 1 is 1.35 bits per heavy atom. The molecule has 0 amide bonds. The summed E-state index contributed by atoms with van der Waals surface area (Å²) in [5.74, 6) is 0.00409. The van der Waals surface area contributed by atoms with E-state index in [2.05, 4.69) is 10.2 Å². The van der Waals surface area contributed by atoms with Crippen molar-refractivity contribution in [2.45, 2.75) is 18.6 Å². The highest BCUT2D eigenvalue weighted by molar-refractivity contribution is 8.03. The number of hydrogen-bond donors (Lipinski definition) is 0. The smallest absolute Gasteiger partial charge is 0.281 e. The Morgan fingerprint density at radius 2 is 2.13 bits per heavy atom. The lowest BCUT2D eigenvalue weighted by molar-refractivity contribution is -0.298. The van der Waals surface area contributed by atoms with Crippen molar-refractivity contribution in [2.24, 2.45) is 0 Å². The van der Waals surface area contributed by atoms with Crippen LogP contribution in [0.15, 0.2) is 32.7 Å². The standard InChI is InChI=1S/C15H16N2O5S/c1-4-12-16-17-15(22-12)23-11(14(18)19)8-9-6-5-7-10(20-2)13(9)21-3/h5-8H,4H2,1-3H3,(H,18,19)/p-1/b11-8-. The molecule has 0 aliphatic carbocycles. The zero-order valence-electron chi connectivity index (χ0n) is 12.9. The number of aliphatic carboxylic acids is 1. The second-order valence-electron chi connectivity index (χ2n) is 4.30. The van der Waals surface area contributed by atoms with Crippen molar-refractivity contribution in [3.8, 4) is 11.5 Å². The van der Waals surface area contributed by atoms with E-state index in [1.165, 1.54) is 20.3 Å². The van der Waals surface area contributed by atoms with Gasteiger partial charge >= 0.3 is 0 Å². The summed E-state index contributed by atoms with van der Waals surface area (Å²) in [4.78, 5) is 11.3. The maximum Gasteiger partial charge on any atom is 0.281 e. The first-order valence-electron chi connectivity index (χ1n) is 6.73. The van der Waals surface area contributed by atoms with Gasteiger partial charge < -0.3 is 23.8 Å². The number of aryl methyl sites for hydroxylation is 1. The molecule has 0 atom stereocenters. The molecule has 1 heterocycles. The summed E-state index contributed by atoms with van der Waals surface area (Å²) in [6, 6.07) is 5.15. The molecule has 0 saturated heterocycles. The number of nitrogens with zero attached hydrogens (tertiary/aromatic N) is 2. The molecule has 122 valence electrons. The van der Waals surface area contributed by atoms with Gasteiger partial charge in [0.15, 0.2) is 11.5 Å². The van der Waals surface area contributed by atoms with Crippen LogP contribution in [0, 0.1) is 0 Å². The van der Waals surface area contributed by atoms with Crippen molar-refractivity contribution in [1.29, 1.82) is 0 Å². The summed E-state index contributed by atoms with van der Waals surface area (Å²) in [5.41, 5.74) is 0.536. The minimum Gasteiger partial charge on any atom is -0.544 e. The van der Waals surface area contributed by atoms with E-state index in [-0.39, 0.29) is 10.1 Å². The molecule has 0 fully saturated rings. The number of aromatic nitrogens is 2. The molecule has 1 aromatic heterocycles. The number of carboxylic acids is 1. The van der Waals surface area contributed by atoms with Gasteiger partial charge in [0, 0.05) is 16.9 Å². The van der Waals surface area contributed by atoms with Crippen molar-refractivity contribution in [3.63, 3.8) is 0 Å². The summed E-state index contributed by atoms with van der Waals surface area (Å²) in [7, 11) is 2.98. The van der Waals surface area contributed by atoms with Gasteiger partial charge in [0.1, 0.15) is 0 Å². The largest absolute Gasteiger partial charge is 0.544 e. The fourth-order valence-electron chi connectivity index (χ4n) is 1.81. The van der Waals surface area contributed by atoms with Crippen molar-refractivity contribution in [1.82, 2.24) is 10.2 Å². The summed E-state index contributed by atoms with van der Waals surface area (Å²) in [6.07, 6.45) is 1.98. The number of benzene rings is 1. The van der Waals surface area contributed by atoms with Crippen LogP contribution >= 0.6 is 11.8 Å².